The van der Waals surface area contributed by atoms with Gasteiger partial charge in [-0.3, -0.25) is 9.78 Å². The second kappa shape index (κ2) is 9.32. The molecule has 0 saturated carbocycles. The molecule has 0 bridgehead atoms. The molecule has 2 aromatic carbocycles. The molecular formula is C26H23N3O2S. The SMILES string of the molecule is O=C(Nc1cccc(OCc2ccccn2)c1)C1CC=CCC1c1nc2ccccc2s1. The number of nitrogens with zero attached hydrogens (tertiary/aromatic N) is 2. The number of hydrogen-bond acceptors (Lipinski definition) is 5. The second-order valence-electron chi connectivity index (χ2n) is 7.80. The van der Waals surface area contributed by atoms with Gasteiger partial charge in [0.25, 0.3) is 0 Å². The van der Waals surface area contributed by atoms with Crippen LogP contribution in [0.1, 0.15) is 29.5 Å². The van der Waals surface area contributed by atoms with Gasteiger partial charge in [0.2, 0.25) is 5.91 Å². The Balaban J connectivity index is 1.29. The van der Waals surface area contributed by atoms with Crippen LogP contribution in [0.15, 0.2) is 85.1 Å². The van der Waals surface area contributed by atoms with E-state index in [1.54, 1.807) is 17.5 Å². The van der Waals surface area contributed by atoms with Crippen molar-refractivity contribution < 1.29 is 9.53 Å². The number of aromatic nitrogens is 2. The third-order valence-corrected chi connectivity index (χ3v) is 6.78. The van der Waals surface area contributed by atoms with E-state index in [9.17, 15) is 4.79 Å². The summed E-state index contributed by atoms with van der Waals surface area (Å²) in [6.07, 6.45) is 7.54. The number of amides is 1. The summed E-state index contributed by atoms with van der Waals surface area (Å²) in [6.45, 7) is 0.380. The molecule has 5 nitrogen and oxygen atoms in total. The van der Waals surface area contributed by atoms with Gasteiger partial charge in [-0.05, 0) is 49.2 Å². The minimum atomic E-state index is -0.154. The molecule has 4 aromatic rings. The molecule has 32 heavy (non-hydrogen) atoms. The maximum atomic E-state index is 13.2. The molecule has 1 aliphatic carbocycles. The molecule has 2 heterocycles. The standard InChI is InChI=1S/C26H23N3O2S/c30-25(28-18-9-7-10-20(16-18)31-17-19-8-5-6-15-27-19)21-11-1-2-12-22(21)26-29-23-13-3-4-14-24(23)32-26/h1-10,13-16,21-22H,11-12,17H2,(H,28,30). The highest BCUT2D eigenvalue weighted by Crippen LogP contribution is 2.39. The number of ether oxygens (including phenoxy) is 1. The van der Waals surface area contributed by atoms with Crippen LogP contribution in [-0.4, -0.2) is 15.9 Å². The molecule has 2 aromatic heterocycles. The summed E-state index contributed by atoms with van der Waals surface area (Å²) in [5.41, 5.74) is 2.58. The topological polar surface area (TPSA) is 64.1 Å². The molecule has 0 radical (unpaired) electrons. The van der Waals surface area contributed by atoms with E-state index in [-0.39, 0.29) is 17.7 Å². The highest BCUT2D eigenvalue weighted by molar-refractivity contribution is 7.18. The number of anilines is 1. The lowest BCUT2D eigenvalue weighted by atomic mass is 9.82. The number of thiazole rings is 1. The van der Waals surface area contributed by atoms with Crippen molar-refractivity contribution in [3.8, 4) is 5.75 Å². The van der Waals surface area contributed by atoms with Crippen molar-refractivity contribution in [2.45, 2.75) is 25.4 Å². The van der Waals surface area contributed by atoms with E-state index < -0.39 is 0 Å². The molecule has 1 N–H and O–H groups in total. The first kappa shape index (κ1) is 20.4. The fourth-order valence-corrected chi connectivity index (χ4v) is 5.11. The molecule has 0 saturated heterocycles. The Hall–Kier alpha value is -3.51. The van der Waals surface area contributed by atoms with Crippen LogP contribution < -0.4 is 10.1 Å². The fraction of sp³-hybridized carbons (Fsp3) is 0.192. The normalized spacial score (nSPS) is 17.9. The van der Waals surface area contributed by atoms with Crippen molar-refractivity contribution >= 4 is 33.1 Å². The van der Waals surface area contributed by atoms with Crippen LogP contribution in [0, 0.1) is 5.92 Å². The maximum Gasteiger partial charge on any atom is 0.228 e. The molecule has 2 unspecified atom stereocenters. The molecule has 6 heteroatoms. The average molecular weight is 442 g/mol. The molecule has 1 aliphatic rings. The molecule has 0 aliphatic heterocycles. The van der Waals surface area contributed by atoms with E-state index in [4.69, 9.17) is 9.72 Å². The Kier molecular flexibility index (Phi) is 5.94. The van der Waals surface area contributed by atoms with Crippen LogP contribution in [0.4, 0.5) is 5.69 Å². The van der Waals surface area contributed by atoms with Crippen molar-refractivity contribution in [2.75, 3.05) is 5.32 Å². The lowest BCUT2D eigenvalue weighted by Gasteiger charge is -2.26. The Morgan fingerprint density at radius 3 is 2.78 bits per heavy atom. The van der Waals surface area contributed by atoms with Crippen LogP contribution in [0.5, 0.6) is 5.75 Å². The summed E-state index contributed by atoms with van der Waals surface area (Å²) in [6, 6.07) is 21.4. The van der Waals surface area contributed by atoms with E-state index in [0.29, 0.717) is 18.8 Å². The Bertz CT molecular complexity index is 1220. The van der Waals surface area contributed by atoms with E-state index in [1.165, 1.54) is 0 Å². The number of hydrogen-bond donors (Lipinski definition) is 1. The molecule has 2 atom stereocenters. The smallest absolute Gasteiger partial charge is 0.228 e. The number of allylic oxidation sites excluding steroid dienone is 2. The highest BCUT2D eigenvalue weighted by atomic mass is 32.1. The quantitative estimate of drug-likeness (QED) is 0.375. The Morgan fingerprint density at radius 1 is 1.03 bits per heavy atom. The van der Waals surface area contributed by atoms with E-state index in [2.05, 4.69) is 28.5 Å². The summed E-state index contributed by atoms with van der Waals surface area (Å²) < 4.78 is 7.01. The van der Waals surface area contributed by atoms with Gasteiger partial charge in [0.1, 0.15) is 12.4 Å². The zero-order valence-corrected chi connectivity index (χ0v) is 18.3. The zero-order valence-electron chi connectivity index (χ0n) is 17.5. The van der Waals surface area contributed by atoms with Gasteiger partial charge in [-0.25, -0.2) is 4.98 Å². The predicted octanol–water partition coefficient (Wildman–Crippen LogP) is 5.96. The first-order valence-electron chi connectivity index (χ1n) is 10.7. The van der Waals surface area contributed by atoms with Crippen molar-refractivity contribution in [1.82, 2.24) is 9.97 Å². The lowest BCUT2D eigenvalue weighted by molar-refractivity contribution is -0.120. The summed E-state index contributed by atoms with van der Waals surface area (Å²) >= 11 is 1.69. The monoisotopic (exact) mass is 441 g/mol. The van der Waals surface area contributed by atoms with Gasteiger partial charge in [0.05, 0.1) is 26.8 Å². The van der Waals surface area contributed by atoms with Crippen LogP contribution >= 0.6 is 11.3 Å². The van der Waals surface area contributed by atoms with Crippen molar-refractivity contribution in [3.05, 3.63) is 95.8 Å². The maximum absolute atomic E-state index is 13.2. The highest BCUT2D eigenvalue weighted by Gasteiger charge is 2.32. The molecule has 1 amide bonds. The summed E-state index contributed by atoms with van der Waals surface area (Å²) in [7, 11) is 0. The molecule has 5 rings (SSSR count). The van der Waals surface area contributed by atoms with Crippen LogP contribution in [0.3, 0.4) is 0 Å². The minimum Gasteiger partial charge on any atom is -0.487 e. The number of benzene rings is 2. The van der Waals surface area contributed by atoms with Crippen molar-refractivity contribution in [2.24, 2.45) is 5.92 Å². The van der Waals surface area contributed by atoms with E-state index in [1.807, 2.05) is 60.7 Å². The molecule has 0 spiro atoms. The molecular weight excluding hydrogens is 418 g/mol. The Morgan fingerprint density at radius 2 is 1.91 bits per heavy atom. The van der Waals surface area contributed by atoms with Gasteiger partial charge in [0, 0.05) is 23.9 Å². The van der Waals surface area contributed by atoms with E-state index >= 15 is 0 Å². The second-order valence-corrected chi connectivity index (χ2v) is 8.86. The Labute approximate surface area is 190 Å². The number of pyridine rings is 1. The number of fused-ring (bicyclic) bond motifs is 1. The summed E-state index contributed by atoms with van der Waals surface area (Å²) in [5, 5.41) is 4.12. The minimum absolute atomic E-state index is 0.0143. The first-order valence-corrected chi connectivity index (χ1v) is 11.5. The van der Waals surface area contributed by atoms with Gasteiger partial charge >= 0.3 is 0 Å². The molecule has 0 fully saturated rings. The number of nitrogens with one attached hydrogen (secondary N) is 1. The third kappa shape index (κ3) is 4.55. The summed E-state index contributed by atoms with van der Waals surface area (Å²) in [4.78, 5) is 22.3. The van der Waals surface area contributed by atoms with Crippen LogP contribution in [-0.2, 0) is 11.4 Å². The van der Waals surface area contributed by atoms with Gasteiger partial charge in [-0.15, -0.1) is 11.3 Å². The lowest BCUT2D eigenvalue weighted by Crippen LogP contribution is -2.29. The zero-order chi connectivity index (χ0) is 21.8. The fourth-order valence-electron chi connectivity index (χ4n) is 3.96. The van der Waals surface area contributed by atoms with Gasteiger partial charge < -0.3 is 10.1 Å². The van der Waals surface area contributed by atoms with Crippen LogP contribution in [0.2, 0.25) is 0 Å². The van der Waals surface area contributed by atoms with Crippen LogP contribution in [0.25, 0.3) is 10.2 Å². The number of para-hydroxylation sites is 1. The van der Waals surface area contributed by atoms with E-state index in [0.717, 1.165) is 33.0 Å². The van der Waals surface area contributed by atoms with Crippen molar-refractivity contribution in [1.29, 1.82) is 0 Å². The number of carbonyl (C=O) groups is 1. The van der Waals surface area contributed by atoms with Crippen molar-refractivity contribution in [3.63, 3.8) is 0 Å². The summed E-state index contributed by atoms with van der Waals surface area (Å²) in [5.74, 6) is 0.639. The largest absolute Gasteiger partial charge is 0.487 e. The predicted molar refractivity (Wildman–Crippen MR) is 128 cm³/mol. The number of rotatable bonds is 6. The van der Waals surface area contributed by atoms with Gasteiger partial charge in [0.15, 0.2) is 0 Å². The van der Waals surface area contributed by atoms with Gasteiger partial charge in [-0.1, -0.05) is 36.4 Å². The third-order valence-electron chi connectivity index (χ3n) is 5.61. The molecule has 160 valence electrons. The van der Waals surface area contributed by atoms with Gasteiger partial charge in [-0.2, -0.15) is 0 Å². The average Bonchev–Trinajstić information content (AvgIpc) is 3.28. The first-order chi connectivity index (χ1) is 15.8. The number of carbonyl (C=O) groups excluding carboxylic acids is 1.